The van der Waals surface area contributed by atoms with Gasteiger partial charge in [-0.3, -0.25) is 0 Å². The molecule has 5 atom stereocenters. The molecule has 4 nitrogen and oxygen atoms in total. The van der Waals surface area contributed by atoms with E-state index in [0.29, 0.717) is 18.4 Å². The maximum atomic E-state index is 13.0. The molecule has 144 valence electrons. The van der Waals surface area contributed by atoms with Gasteiger partial charge in [-0.15, -0.1) is 0 Å². The smallest absolute Gasteiger partial charge is 0.416 e. The minimum absolute atomic E-state index is 0.0946. The number of benzene rings is 1. The zero-order chi connectivity index (χ0) is 18.7. The molecule has 0 amide bonds. The minimum Gasteiger partial charge on any atom is -0.489 e. The van der Waals surface area contributed by atoms with Crippen LogP contribution in [0.15, 0.2) is 18.2 Å². The molecule has 0 saturated carbocycles. The summed E-state index contributed by atoms with van der Waals surface area (Å²) in [6.45, 7) is 4.21. The third-order valence-electron chi connectivity index (χ3n) is 6.05. The Balaban J connectivity index is 1.51. The van der Waals surface area contributed by atoms with E-state index in [1.54, 1.807) is 0 Å². The Morgan fingerprint density at radius 1 is 1.08 bits per heavy atom. The monoisotopic (exact) mass is 372 g/mol. The second-order valence-electron chi connectivity index (χ2n) is 8.30. The molecule has 3 unspecified atom stereocenters. The Kier molecular flexibility index (Phi) is 4.15. The van der Waals surface area contributed by atoms with Gasteiger partial charge in [0.15, 0.2) is 11.5 Å². The Bertz CT molecular complexity index is 675. The lowest BCUT2D eigenvalue weighted by Gasteiger charge is -2.66. The average Bonchev–Trinajstić information content (AvgIpc) is 2.53. The first-order valence-electron chi connectivity index (χ1n) is 9.29. The maximum absolute atomic E-state index is 13.0. The number of nitrogens with zero attached hydrogens (tertiary/aromatic N) is 1. The number of hydroxylamine groups is 3. The van der Waals surface area contributed by atoms with E-state index in [4.69, 9.17) is 9.47 Å². The van der Waals surface area contributed by atoms with Gasteiger partial charge in [-0.2, -0.15) is 17.8 Å². The van der Waals surface area contributed by atoms with Gasteiger partial charge in [0.25, 0.3) is 0 Å². The molecule has 0 aliphatic carbocycles. The summed E-state index contributed by atoms with van der Waals surface area (Å²) < 4.78 is 51.0. The van der Waals surface area contributed by atoms with E-state index in [-0.39, 0.29) is 34.5 Å². The van der Waals surface area contributed by atoms with E-state index in [9.17, 15) is 18.4 Å². The second-order valence-corrected chi connectivity index (χ2v) is 8.30. The third-order valence-corrected chi connectivity index (χ3v) is 6.05. The normalized spacial score (nSPS) is 35.3. The van der Waals surface area contributed by atoms with Gasteiger partial charge in [-0.05, 0) is 24.1 Å². The molecule has 3 saturated heterocycles. The molecule has 0 bridgehead atoms. The molecule has 26 heavy (non-hydrogen) atoms. The molecule has 1 aromatic carbocycles. The van der Waals surface area contributed by atoms with Gasteiger partial charge in [-0.1, -0.05) is 13.8 Å². The minimum atomic E-state index is -4.42. The standard InChI is InChI=1S/C19H25F3NO3/c1-11(2)10-25-18-5-12(19(20,21)22)3-4-17(18)26-16-8-14-6-13-7-15(9-16)23(13,14)24/h3-5,11,13-16,24H,6-10H2,1-2H3/q+1/t13?,14-,15+,16?,23?. The van der Waals surface area contributed by atoms with Crippen LogP contribution in [0.1, 0.15) is 45.1 Å². The summed E-state index contributed by atoms with van der Waals surface area (Å²) in [6.07, 6.45) is -1.03. The highest BCUT2D eigenvalue weighted by Crippen LogP contribution is 2.55. The summed E-state index contributed by atoms with van der Waals surface area (Å²) in [7, 11) is 0. The molecule has 3 aliphatic rings. The van der Waals surface area contributed by atoms with Gasteiger partial charge in [0.2, 0.25) is 0 Å². The van der Waals surface area contributed by atoms with Gasteiger partial charge < -0.3 is 9.47 Å². The van der Waals surface area contributed by atoms with Gasteiger partial charge >= 0.3 is 6.18 Å². The first-order chi connectivity index (χ1) is 12.2. The van der Waals surface area contributed by atoms with E-state index >= 15 is 0 Å². The number of rotatable bonds is 5. The predicted octanol–water partition coefficient (Wildman–Crippen LogP) is 4.40. The van der Waals surface area contributed by atoms with Crippen LogP contribution < -0.4 is 9.47 Å². The Morgan fingerprint density at radius 3 is 2.23 bits per heavy atom. The summed E-state index contributed by atoms with van der Waals surface area (Å²) in [4.78, 5) is 0. The molecule has 0 radical (unpaired) electrons. The van der Waals surface area contributed by atoms with Crippen molar-refractivity contribution in [2.75, 3.05) is 6.61 Å². The van der Waals surface area contributed by atoms with Crippen LogP contribution in [0.5, 0.6) is 11.5 Å². The van der Waals surface area contributed by atoms with E-state index in [2.05, 4.69) is 0 Å². The number of halogens is 3. The largest absolute Gasteiger partial charge is 0.489 e. The first-order valence-corrected chi connectivity index (χ1v) is 9.29. The topological polar surface area (TPSA) is 38.7 Å². The van der Waals surface area contributed by atoms with Crippen molar-refractivity contribution in [1.82, 2.24) is 0 Å². The molecule has 3 aliphatic heterocycles. The van der Waals surface area contributed by atoms with Crippen LogP contribution in [0.4, 0.5) is 13.2 Å². The number of piperidine rings is 2. The lowest BCUT2D eigenvalue weighted by atomic mass is 9.68. The fraction of sp³-hybridized carbons (Fsp3) is 0.684. The number of hydrogen-bond donors (Lipinski definition) is 1. The SMILES string of the molecule is CC(C)COc1cc(C(F)(F)F)ccc1OC1C[C@@H]2CC3C[C@H](C1)[N+]32O. The average molecular weight is 372 g/mol. The predicted molar refractivity (Wildman–Crippen MR) is 88.1 cm³/mol. The highest BCUT2D eigenvalue weighted by atomic mass is 19.4. The summed E-state index contributed by atoms with van der Waals surface area (Å²) in [5.41, 5.74) is -0.737. The van der Waals surface area contributed by atoms with Crippen molar-refractivity contribution in [1.29, 1.82) is 0 Å². The highest BCUT2D eigenvalue weighted by Gasteiger charge is 2.71. The number of hydrogen-bond acceptors (Lipinski definition) is 3. The van der Waals surface area contributed by atoms with E-state index < -0.39 is 11.7 Å². The lowest BCUT2D eigenvalue weighted by Crippen LogP contribution is -2.84. The molecule has 7 heteroatoms. The van der Waals surface area contributed by atoms with Crippen molar-refractivity contribution in [3.8, 4) is 11.5 Å². The highest BCUT2D eigenvalue weighted by molar-refractivity contribution is 5.44. The zero-order valence-electron chi connectivity index (χ0n) is 15.0. The fourth-order valence-corrected chi connectivity index (χ4v) is 4.68. The second kappa shape index (κ2) is 6.02. The molecule has 0 aromatic heterocycles. The number of ether oxygens (including phenoxy) is 2. The quantitative estimate of drug-likeness (QED) is 0.779. The summed E-state index contributed by atoms with van der Waals surface area (Å²) in [5.74, 6) is 0.696. The van der Waals surface area contributed by atoms with E-state index in [0.717, 1.165) is 37.8 Å². The van der Waals surface area contributed by atoms with Crippen molar-refractivity contribution < 1.29 is 32.5 Å². The van der Waals surface area contributed by atoms with Gasteiger partial charge in [-0.25, -0.2) is 5.21 Å². The molecule has 3 heterocycles. The van der Waals surface area contributed by atoms with Gasteiger partial charge in [0, 0.05) is 12.8 Å². The first kappa shape index (κ1) is 17.9. The van der Waals surface area contributed by atoms with Crippen LogP contribution in [0.2, 0.25) is 0 Å². The summed E-state index contributed by atoms with van der Waals surface area (Å²) in [5, 5.41) is 10.6. The van der Waals surface area contributed by atoms with Crippen LogP contribution in [0, 0.1) is 5.92 Å². The molecular weight excluding hydrogens is 347 g/mol. The fourth-order valence-electron chi connectivity index (χ4n) is 4.68. The number of quaternary nitrogens is 1. The van der Waals surface area contributed by atoms with Crippen LogP contribution in [0.25, 0.3) is 0 Å². The summed E-state index contributed by atoms with van der Waals surface area (Å²) >= 11 is 0. The van der Waals surface area contributed by atoms with Crippen LogP contribution in [-0.4, -0.2) is 40.7 Å². The van der Waals surface area contributed by atoms with Crippen LogP contribution >= 0.6 is 0 Å². The van der Waals surface area contributed by atoms with Crippen LogP contribution in [0.3, 0.4) is 0 Å². The molecule has 1 N–H and O–H groups in total. The van der Waals surface area contributed by atoms with Gasteiger partial charge in [0.1, 0.15) is 24.2 Å². The molecule has 1 aromatic rings. The van der Waals surface area contributed by atoms with E-state index in [1.165, 1.54) is 6.07 Å². The Labute approximate surface area is 151 Å². The molecule has 4 rings (SSSR count). The van der Waals surface area contributed by atoms with Gasteiger partial charge in [0.05, 0.1) is 25.0 Å². The zero-order valence-corrected chi connectivity index (χ0v) is 15.0. The lowest BCUT2D eigenvalue weighted by molar-refractivity contribution is -1.22. The van der Waals surface area contributed by atoms with Crippen LogP contribution in [-0.2, 0) is 6.18 Å². The summed E-state index contributed by atoms with van der Waals surface area (Å²) in [6, 6.07) is 4.21. The third kappa shape index (κ3) is 2.85. The van der Waals surface area contributed by atoms with Crippen molar-refractivity contribution >= 4 is 0 Å². The molecular formula is C19H25F3NO3+. The molecule has 0 spiro atoms. The van der Waals surface area contributed by atoms with Crippen molar-refractivity contribution in [3.05, 3.63) is 23.8 Å². The van der Waals surface area contributed by atoms with Crippen molar-refractivity contribution in [2.24, 2.45) is 5.92 Å². The maximum Gasteiger partial charge on any atom is 0.416 e. The number of alkyl halides is 3. The molecule has 3 fully saturated rings. The van der Waals surface area contributed by atoms with Crippen molar-refractivity contribution in [2.45, 2.75) is 69.9 Å². The Hall–Kier alpha value is -1.47. The van der Waals surface area contributed by atoms with Crippen molar-refractivity contribution in [3.63, 3.8) is 0 Å². The van der Waals surface area contributed by atoms with E-state index in [1.807, 2.05) is 13.8 Å². The Morgan fingerprint density at radius 2 is 1.69 bits per heavy atom.